The van der Waals surface area contributed by atoms with Crippen molar-refractivity contribution in [2.75, 3.05) is 25.0 Å². The number of aliphatic hydroxyl groups is 2. The van der Waals surface area contributed by atoms with Crippen LogP contribution in [0.15, 0.2) is 48.5 Å². The van der Waals surface area contributed by atoms with E-state index in [1.807, 2.05) is 41.3 Å². The Kier molecular flexibility index (Phi) is 4.98. The smallest absolute Gasteiger partial charge is 0.293 e. The number of benzene rings is 2. The van der Waals surface area contributed by atoms with Crippen LogP contribution in [0.5, 0.6) is 0 Å². The van der Waals surface area contributed by atoms with Crippen LogP contribution < -0.4 is 4.90 Å². The van der Waals surface area contributed by atoms with Gasteiger partial charge in [-0.25, -0.2) is 0 Å². The lowest BCUT2D eigenvalue weighted by Gasteiger charge is -2.20. The zero-order valence-corrected chi connectivity index (χ0v) is 13.9. The van der Waals surface area contributed by atoms with Crippen LogP contribution in [-0.2, 0) is 6.54 Å². The Labute approximate surface area is 145 Å². The number of aliphatic hydroxyl groups excluding tert-OH is 2. The number of anilines is 2. The van der Waals surface area contributed by atoms with Gasteiger partial charge in [0.2, 0.25) is 0 Å². The molecule has 0 aromatic heterocycles. The van der Waals surface area contributed by atoms with Crippen LogP contribution in [0.3, 0.4) is 0 Å². The number of hydrogen-bond acceptors (Lipinski definition) is 6. The zero-order valence-electron chi connectivity index (χ0n) is 13.9. The molecule has 7 heteroatoms. The molecule has 2 aromatic carbocycles. The van der Waals surface area contributed by atoms with Gasteiger partial charge in [0.25, 0.3) is 5.69 Å². The molecule has 3 rings (SSSR count). The molecule has 1 heterocycles. The summed E-state index contributed by atoms with van der Waals surface area (Å²) in [6.45, 7) is 1.17. The zero-order chi connectivity index (χ0) is 18.0. The summed E-state index contributed by atoms with van der Waals surface area (Å²) in [6, 6.07) is 14.6. The van der Waals surface area contributed by atoms with Gasteiger partial charge >= 0.3 is 0 Å². The average molecular weight is 343 g/mol. The number of nitro groups is 1. The third-order valence-electron chi connectivity index (χ3n) is 4.48. The molecule has 0 spiro atoms. The van der Waals surface area contributed by atoms with Crippen LogP contribution in [0.25, 0.3) is 0 Å². The summed E-state index contributed by atoms with van der Waals surface area (Å²) in [7, 11) is 1.80. The summed E-state index contributed by atoms with van der Waals surface area (Å²) < 4.78 is 0. The fourth-order valence-electron chi connectivity index (χ4n) is 3.12. The summed E-state index contributed by atoms with van der Waals surface area (Å²) in [4.78, 5) is 14.8. The van der Waals surface area contributed by atoms with E-state index in [2.05, 4.69) is 0 Å². The van der Waals surface area contributed by atoms with Crippen molar-refractivity contribution in [1.29, 1.82) is 0 Å². The Bertz CT molecular complexity index is 743. The second-order valence-corrected chi connectivity index (χ2v) is 6.30. The maximum atomic E-state index is 11.5. The lowest BCUT2D eigenvalue weighted by molar-refractivity contribution is -0.384. The van der Waals surface area contributed by atoms with E-state index in [-0.39, 0.29) is 10.6 Å². The maximum Gasteiger partial charge on any atom is 0.293 e. The molecule has 2 atom stereocenters. The summed E-state index contributed by atoms with van der Waals surface area (Å²) in [5.74, 6) is 0. The predicted molar refractivity (Wildman–Crippen MR) is 94.9 cm³/mol. The molecular weight excluding hydrogens is 322 g/mol. The van der Waals surface area contributed by atoms with E-state index in [0.717, 1.165) is 11.3 Å². The molecule has 0 aliphatic carbocycles. The lowest BCUT2D eigenvalue weighted by atomic mass is 10.1. The van der Waals surface area contributed by atoms with Crippen LogP contribution in [0, 0.1) is 10.1 Å². The quantitative estimate of drug-likeness (QED) is 0.637. The molecule has 1 fully saturated rings. The minimum absolute atomic E-state index is 0.0316. The number of para-hydroxylation sites is 1. The minimum Gasteiger partial charge on any atom is -0.389 e. The van der Waals surface area contributed by atoms with E-state index >= 15 is 0 Å². The van der Waals surface area contributed by atoms with Crippen molar-refractivity contribution in [2.24, 2.45) is 0 Å². The normalized spacial score (nSPS) is 20.6. The summed E-state index contributed by atoms with van der Waals surface area (Å²) in [5, 5.41) is 30.8. The standard InChI is InChI=1S/C18H21N3O4/c1-19(14-5-3-2-4-6-14)15-8-7-13(9-16(15)21(24)25)10-20-11-17(22)18(23)12-20/h2-9,17-18,22-23H,10-12H2,1H3/t17-,18+. The fraction of sp³-hybridized carbons (Fsp3) is 0.333. The van der Waals surface area contributed by atoms with Crippen LogP contribution >= 0.6 is 0 Å². The second-order valence-electron chi connectivity index (χ2n) is 6.30. The molecule has 0 saturated carbocycles. The molecule has 1 aliphatic rings. The highest BCUT2D eigenvalue weighted by molar-refractivity contribution is 5.72. The number of rotatable bonds is 5. The second kappa shape index (κ2) is 7.18. The molecular formula is C18H21N3O4. The number of likely N-dealkylation sites (tertiary alicyclic amines) is 1. The molecule has 25 heavy (non-hydrogen) atoms. The topological polar surface area (TPSA) is 90.1 Å². The van der Waals surface area contributed by atoms with E-state index in [1.165, 1.54) is 0 Å². The highest BCUT2D eigenvalue weighted by Gasteiger charge is 2.29. The van der Waals surface area contributed by atoms with Crippen molar-refractivity contribution < 1.29 is 15.1 Å². The molecule has 0 bridgehead atoms. The monoisotopic (exact) mass is 343 g/mol. The van der Waals surface area contributed by atoms with Gasteiger partial charge in [-0.05, 0) is 23.8 Å². The Morgan fingerprint density at radius 3 is 2.40 bits per heavy atom. The molecule has 7 nitrogen and oxygen atoms in total. The minimum atomic E-state index is -0.765. The average Bonchev–Trinajstić information content (AvgIpc) is 2.92. The van der Waals surface area contributed by atoms with Crippen molar-refractivity contribution in [3.05, 3.63) is 64.2 Å². The van der Waals surface area contributed by atoms with Gasteiger partial charge in [-0.1, -0.05) is 24.3 Å². The molecule has 1 aliphatic heterocycles. The number of β-amino-alcohol motifs (C(OH)–C–C–N with tert-alkyl or cyclic N) is 2. The molecule has 1 saturated heterocycles. The molecule has 2 N–H and O–H groups in total. The van der Waals surface area contributed by atoms with E-state index in [4.69, 9.17) is 0 Å². The van der Waals surface area contributed by atoms with Gasteiger partial charge in [-0.3, -0.25) is 15.0 Å². The maximum absolute atomic E-state index is 11.5. The Balaban J connectivity index is 1.85. The Hall–Kier alpha value is -2.48. The van der Waals surface area contributed by atoms with Gasteiger partial charge in [0.05, 0.1) is 17.1 Å². The summed E-state index contributed by atoms with van der Waals surface area (Å²) in [5.41, 5.74) is 2.19. The van der Waals surface area contributed by atoms with Crippen molar-refractivity contribution in [2.45, 2.75) is 18.8 Å². The first kappa shape index (κ1) is 17.3. The highest BCUT2D eigenvalue weighted by Crippen LogP contribution is 2.33. The predicted octanol–water partition coefficient (Wildman–Crippen LogP) is 1.90. The van der Waals surface area contributed by atoms with E-state index in [9.17, 15) is 20.3 Å². The third-order valence-corrected chi connectivity index (χ3v) is 4.48. The lowest BCUT2D eigenvalue weighted by Crippen LogP contribution is -2.22. The van der Waals surface area contributed by atoms with E-state index in [1.54, 1.807) is 24.1 Å². The first-order valence-electron chi connectivity index (χ1n) is 8.10. The van der Waals surface area contributed by atoms with Crippen molar-refractivity contribution in [1.82, 2.24) is 4.90 Å². The molecule has 0 amide bonds. The largest absolute Gasteiger partial charge is 0.389 e. The highest BCUT2D eigenvalue weighted by atomic mass is 16.6. The van der Waals surface area contributed by atoms with Gasteiger partial charge in [0.15, 0.2) is 0 Å². The Morgan fingerprint density at radius 2 is 1.80 bits per heavy atom. The summed E-state index contributed by atoms with van der Waals surface area (Å²) >= 11 is 0. The summed E-state index contributed by atoms with van der Waals surface area (Å²) in [6.07, 6.45) is -1.53. The molecule has 0 unspecified atom stereocenters. The van der Waals surface area contributed by atoms with Crippen molar-refractivity contribution >= 4 is 17.1 Å². The first-order valence-corrected chi connectivity index (χ1v) is 8.10. The van der Waals surface area contributed by atoms with Crippen LogP contribution in [-0.4, -0.2) is 52.4 Å². The van der Waals surface area contributed by atoms with Crippen LogP contribution in [0.2, 0.25) is 0 Å². The number of nitro benzene ring substituents is 1. The first-order chi connectivity index (χ1) is 12.0. The van der Waals surface area contributed by atoms with Crippen molar-refractivity contribution in [3.8, 4) is 0 Å². The van der Waals surface area contributed by atoms with Crippen molar-refractivity contribution in [3.63, 3.8) is 0 Å². The van der Waals surface area contributed by atoms with E-state index < -0.39 is 12.2 Å². The van der Waals surface area contributed by atoms with Gasteiger partial charge in [0, 0.05) is 38.4 Å². The fourth-order valence-corrected chi connectivity index (χ4v) is 3.12. The number of hydrogen-bond donors (Lipinski definition) is 2. The SMILES string of the molecule is CN(c1ccccc1)c1ccc(CN2C[C@@H](O)[C@@H](O)C2)cc1[N+](=O)[O-]. The van der Waals surface area contributed by atoms with Gasteiger partial charge in [-0.2, -0.15) is 0 Å². The van der Waals surface area contributed by atoms with Gasteiger partial charge in [-0.15, -0.1) is 0 Å². The van der Waals surface area contributed by atoms with Gasteiger partial charge in [0.1, 0.15) is 5.69 Å². The van der Waals surface area contributed by atoms with Gasteiger partial charge < -0.3 is 15.1 Å². The Morgan fingerprint density at radius 1 is 1.16 bits per heavy atom. The van der Waals surface area contributed by atoms with E-state index in [0.29, 0.717) is 25.3 Å². The van der Waals surface area contributed by atoms with Crippen LogP contribution in [0.1, 0.15) is 5.56 Å². The molecule has 2 aromatic rings. The van der Waals surface area contributed by atoms with Crippen LogP contribution in [0.4, 0.5) is 17.1 Å². The molecule has 132 valence electrons. The number of nitrogens with zero attached hydrogens (tertiary/aromatic N) is 3. The molecule has 0 radical (unpaired) electrons. The third kappa shape index (κ3) is 3.79.